The number of rotatable bonds is 5. The van der Waals surface area contributed by atoms with Crippen LogP contribution in [0.4, 0.5) is 34.1 Å². The summed E-state index contributed by atoms with van der Waals surface area (Å²) in [6, 6.07) is 100. The highest BCUT2D eigenvalue weighted by Crippen LogP contribution is 2.57. The Kier molecular flexibility index (Phi) is 8.97. The van der Waals surface area contributed by atoms with Crippen molar-refractivity contribution in [3.8, 4) is 61.8 Å². The highest BCUT2D eigenvalue weighted by molar-refractivity contribution is 6.17. The van der Waals surface area contributed by atoms with Gasteiger partial charge in [-0.05, 0) is 109 Å². The van der Waals surface area contributed by atoms with Crippen LogP contribution in [0.3, 0.4) is 0 Å². The summed E-state index contributed by atoms with van der Waals surface area (Å²) in [6.07, 6.45) is 0. The van der Waals surface area contributed by atoms with E-state index in [1.807, 2.05) is 0 Å². The minimum Gasteiger partial charge on any atom is -0.309 e. The topological polar surface area (TPSA) is 21.3 Å². The number of hydrogen-bond acceptors (Lipinski definition) is 2. The summed E-state index contributed by atoms with van der Waals surface area (Å²) >= 11 is 0. The molecule has 0 fully saturated rings. The van der Waals surface area contributed by atoms with E-state index in [9.17, 15) is 0 Å². The first-order valence-corrected chi connectivity index (χ1v) is 25.8. The van der Waals surface area contributed by atoms with Gasteiger partial charge in [0.15, 0.2) is 0 Å². The number of fused-ring (bicyclic) bond motifs is 17. The number of hydrogen-bond donors (Lipinski definition) is 0. The minimum atomic E-state index is 1.09. The second-order valence-electron chi connectivity index (χ2n) is 19.6. The summed E-state index contributed by atoms with van der Waals surface area (Å²) in [7, 11) is 0. The molecule has 11 aromatic carbocycles. The number of para-hydroxylation sites is 9. The van der Waals surface area contributed by atoms with Gasteiger partial charge in [-0.2, -0.15) is 0 Å². The van der Waals surface area contributed by atoms with Crippen molar-refractivity contribution in [2.45, 2.75) is 0 Å². The Morgan fingerprint density at radius 1 is 0.200 bits per heavy atom. The molecule has 0 spiro atoms. The third-order valence-corrected chi connectivity index (χ3v) is 15.7. The monoisotopic (exact) mass is 955 g/mol. The summed E-state index contributed by atoms with van der Waals surface area (Å²) in [5.41, 5.74) is 24.3. The molecule has 0 unspecified atom stereocenters. The van der Waals surface area contributed by atoms with Gasteiger partial charge in [-0.1, -0.05) is 164 Å². The fourth-order valence-electron chi connectivity index (χ4n) is 12.7. The first kappa shape index (κ1) is 41.5. The molecule has 0 bridgehead atoms. The van der Waals surface area contributed by atoms with Gasteiger partial charge in [0.25, 0.3) is 0 Å². The maximum Gasteiger partial charge on any atom is 0.0641 e. The molecular formula is C70H45N5. The van der Waals surface area contributed by atoms with E-state index >= 15 is 0 Å². The van der Waals surface area contributed by atoms with Crippen LogP contribution < -0.4 is 9.80 Å². The van der Waals surface area contributed by atoms with Gasteiger partial charge in [-0.3, -0.25) is 0 Å². The fraction of sp³-hybridized carbons (Fsp3) is 0. The molecule has 5 heterocycles. The van der Waals surface area contributed by atoms with Crippen LogP contribution >= 0.6 is 0 Å². The van der Waals surface area contributed by atoms with Gasteiger partial charge in [0.05, 0.1) is 56.2 Å². The van der Waals surface area contributed by atoms with E-state index in [0.717, 1.165) is 62.2 Å². The van der Waals surface area contributed by atoms with Gasteiger partial charge < -0.3 is 23.5 Å². The lowest BCUT2D eigenvalue weighted by Crippen LogP contribution is -2.11. The molecule has 0 aliphatic carbocycles. The van der Waals surface area contributed by atoms with E-state index in [-0.39, 0.29) is 0 Å². The van der Waals surface area contributed by atoms with Crippen LogP contribution in [0.1, 0.15) is 0 Å². The molecule has 3 aromatic heterocycles. The maximum absolute atomic E-state index is 2.49. The lowest BCUT2D eigenvalue weighted by Gasteiger charge is -2.28. The summed E-state index contributed by atoms with van der Waals surface area (Å²) in [6.45, 7) is 0. The summed E-state index contributed by atoms with van der Waals surface area (Å²) in [5.74, 6) is 0. The highest BCUT2D eigenvalue weighted by atomic mass is 15.2. The first-order chi connectivity index (χ1) is 37.3. The molecule has 16 rings (SSSR count). The Labute approximate surface area is 433 Å². The molecule has 75 heavy (non-hydrogen) atoms. The first-order valence-electron chi connectivity index (χ1n) is 25.8. The lowest BCUT2D eigenvalue weighted by molar-refractivity contribution is 1.13. The molecule has 2 aliphatic heterocycles. The smallest absolute Gasteiger partial charge is 0.0641 e. The average molecular weight is 956 g/mol. The second-order valence-corrected chi connectivity index (χ2v) is 19.6. The van der Waals surface area contributed by atoms with E-state index in [2.05, 4.69) is 296 Å². The number of aromatic nitrogens is 3. The Morgan fingerprint density at radius 3 is 0.920 bits per heavy atom. The number of anilines is 6. The molecule has 5 nitrogen and oxygen atoms in total. The average Bonchev–Trinajstić information content (AvgIpc) is 4.16. The molecule has 0 saturated carbocycles. The fourth-order valence-corrected chi connectivity index (χ4v) is 12.7. The van der Waals surface area contributed by atoms with Gasteiger partial charge in [0, 0.05) is 83.4 Å². The zero-order valence-electron chi connectivity index (χ0n) is 40.7. The molecule has 14 aromatic rings. The van der Waals surface area contributed by atoms with Gasteiger partial charge in [0.2, 0.25) is 0 Å². The lowest BCUT2D eigenvalue weighted by atomic mass is 9.98. The van der Waals surface area contributed by atoms with Crippen molar-refractivity contribution in [3.05, 3.63) is 273 Å². The Bertz CT molecular complexity index is 4320. The van der Waals surface area contributed by atoms with Crippen molar-refractivity contribution in [3.63, 3.8) is 0 Å². The Balaban J connectivity index is 0.950. The SMILES string of the molecule is c1ccc(-n2c3c(c4ccccc42)-c2ccccc2N(c2ccc4c(c2)c2cc(N5c6ccccc6-c6c(n(-c7ccccc7)c7ccccc67)-c6ccccc65)ccc2n4-c2ccccc2)c2ccccc2-3)cc1. The van der Waals surface area contributed by atoms with Crippen molar-refractivity contribution in [2.75, 3.05) is 9.80 Å². The molecule has 2 aliphatic rings. The van der Waals surface area contributed by atoms with Crippen molar-refractivity contribution < 1.29 is 0 Å². The highest BCUT2D eigenvalue weighted by Gasteiger charge is 2.34. The van der Waals surface area contributed by atoms with Gasteiger partial charge in [-0.25, -0.2) is 0 Å². The van der Waals surface area contributed by atoms with Gasteiger partial charge >= 0.3 is 0 Å². The summed E-state index contributed by atoms with van der Waals surface area (Å²) < 4.78 is 7.36. The Hall–Kier alpha value is -10.1. The molecule has 350 valence electrons. The van der Waals surface area contributed by atoms with Crippen LogP contribution in [0, 0.1) is 0 Å². The molecule has 0 N–H and O–H groups in total. The molecule has 0 amide bonds. The van der Waals surface area contributed by atoms with E-state index in [1.165, 1.54) is 77.3 Å². The van der Waals surface area contributed by atoms with Crippen molar-refractivity contribution in [1.82, 2.24) is 13.7 Å². The molecular weight excluding hydrogens is 911 g/mol. The van der Waals surface area contributed by atoms with E-state index in [0.29, 0.717) is 0 Å². The van der Waals surface area contributed by atoms with E-state index in [4.69, 9.17) is 0 Å². The minimum absolute atomic E-state index is 1.09. The van der Waals surface area contributed by atoms with E-state index < -0.39 is 0 Å². The summed E-state index contributed by atoms with van der Waals surface area (Å²) in [5, 5.41) is 4.79. The Morgan fingerprint density at radius 2 is 0.507 bits per heavy atom. The molecule has 5 heteroatoms. The molecule has 0 saturated heterocycles. The summed E-state index contributed by atoms with van der Waals surface area (Å²) in [4.78, 5) is 4.99. The van der Waals surface area contributed by atoms with E-state index in [1.54, 1.807) is 0 Å². The maximum atomic E-state index is 2.49. The third-order valence-electron chi connectivity index (χ3n) is 15.7. The number of nitrogens with zero attached hydrogens (tertiary/aromatic N) is 5. The van der Waals surface area contributed by atoms with Crippen LogP contribution in [-0.2, 0) is 0 Å². The quantitative estimate of drug-likeness (QED) is 0.171. The number of benzene rings is 11. The predicted octanol–water partition coefficient (Wildman–Crippen LogP) is 18.9. The van der Waals surface area contributed by atoms with Crippen LogP contribution in [0.2, 0.25) is 0 Å². The van der Waals surface area contributed by atoms with Crippen molar-refractivity contribution in [1.29, 1.82) is 0 Å². The zero-order valence-corrected chi connectivity index (χ0v) is 40.7. The van der Waals surface area contributed by atoms with Crippen LogP contribution in [0.15, 0.2) is 273 Å². The predicted molar refractivity (Wildman–Crippen MR) is 313 cm³/mol. The molecule has 0 radical (unpaired) electrons. The van der Waals surface area contributed by atoms with Crippen molar-refractivity contribution >= 4 is 77.7 Å². The van der Waals surface area contributed by atoms with Crippen LogP contribution in [0.25, 0.3) is 105 Å². The largest absolute Gasteiger partial charge is 0.309 e. The van der Waals surface area contributed by atoms with Crippen molar-refractivity contribution in [2.24, 2.45) is 0 Å². The standard InChI is InChI=1S/C70H45N5/c1-4-22-46(23-5-1)71-65-42-40-49(72-59-34-16-10-28-51(59)67-53-30-12-18-36-61(53)74(47-24-6-2-7-25-47)69(67)55-32-14-20-38-63(55)72)44-57(65)58-45-50(41-43-66(58)71)73-60-35-17-11-29-52(60)68-54-31-13-19-37-62(54)75(48-26-8-3-9-27-48)70(68)56-33-15-21-39-64(56)73/h1-45H. The normalized spacial score (nSPS) is 12.5. The zero-order chi connectivity index (χ0) is 49.1. The van der Waals surface area contributed by atoms with Crippen LogP contribution in [-0.4, -0.2) is 13.7 Å². The van der Waals surface area contributed by atoms with Crippen LogP contribution in [0.5, 0.6) is 0 Å². The third kappa shape index (κ3) is 6.01. The van der Waals surface area contributed by atoms with Gasteiger partial charge in [0.1, 0.15) is 0 Å². The molecule has 0 atom stereocenters. The van der Waals surface area contributed by atoms with Gasteiger partial charge in [-0.15, -0.1) is 0 Å². The second kappa shape index (κ2) is 16.2.